The van der Waals surface area contributed by atoms with Gasteiger partial charge in [0.2, 0.25) is 5.91 Å². The van der Waals surface area contributed by atoms with Crippen LogP contribution >= 0.6 is 0 Å². The van der Waals surface area contributed by atoms with E-state index in [1.165, 1.54) is 11.8 Å². The van der Waals surface area contributed by atoms with Gasteiger partial charge in [0.15, 0.2) is 0 Å². The highest BCUT2D eigenvalue weighted by Gasteiger charge is 2.55. The Labute approximate surface area is 175 Å². The summed E-state index contributed by atoms with van der Waals surface area (Å²) in [5.41, 5.74) is 1.93. The van der Waals surface area contributed by atoms with E-state index in [4.69, 9.17) is 9.47 Å². The molecule has 2 N–H and O–H groups in total. The van der Waals surface area contributed by atoms with E-state index in [0.29, 0.717) is 12.8 Å². The Morgan fingerprint density at radius 2 is 1.40 bits per heavy atom. The highest BCUT2D eigenvalue weighted by molar-refractivity contribution is 5.97. The molecule has 1 amide bonds. The summed E-state index contributed by atoms with van der Waals surface area (Å²) in [5.74, 6) is -0.901. The summed E-state index contributed by atoms with van der Waals surface area (Å²) in [5, 5.41) is 19.6. The van der Waals surface area contributed by atoms with Gasteiger partial charge < -0.3 is 24.6 Å². The molecule has 1 heterocycles. The summed E-state index contributed by atoms with van der Waals surface area (Å²) in [6.45, 7) is 1.46. The summed E-state index contributed by atoms with van der Waals surface area (Å²) in [6.07, 6.45) is -0.0478. The minimum Gasteiger partial charge on any atom is -0.497 e. The molecule has 0 radical (unpaired) electrons. The molecule has 1 aliphatic rings. The van der Waals surface area contributed by atoms with E-state index < -0.39 is 24.0 Å². The van der Waals surface area contributed by atoms with Crippen LogP contribution in [0.1, 0.15) is 18.1 Å². The number of benzene rings is 2. The number of carbonyl (C=O) groups excluding carboxylic acids is 1. The molecule has 0 saturated carbocycles. The van der Waals surface area contributed by atoms with Crippen molar-refractivity contribution in [3.05, 3.63) is 59.7 Å². The number of hydrogen-bond donors (Lipinski definition) is 2. The van der Waals surface area contributed by atoms with Crippen molar-refractivity contribution in [3.8, 4) is 11.5 Å². The van der Waals surface area contributed by atoms with Crippen molar-refractivity contribution < 1.29 is 29.3 Å². The third kappa shape index (κ3) is 4.41. The summed E-state index contributed by atoms with van der Waals surface area (Å²) in [7, 11) is 3.18. The molecule has 160 valence electrons. The van der Waals surface area contributed by atoms with E-state index >= 15 is 0 Å². The molecule has 2 aromatic rings. The largest absolute Gasteiger partial charge is 0.497 e. The number of aliphatic carboxylic acids is 1. The lowest BCUT2D eigenvalue weighted by atomic mass is 9.80. The average molecular weight is 413 g/mol. The van der Waals surface area contributed by atoms with Crippen LogP contribution in [0.4, 0.5) is 0 Å². The van der Waals surface area contributed by atoms with Crippen LogP contribution in [0.3, 0.4) is 0 Å². The number of carboxylic acids is 1. The third-order valence-electron chi connectivity index (χ3n) is 5.61. The molecule has 0 bridgehead atoms. The fourth-order valence-electron chi connectivity index (χ4n) is 4.02. The van der Waals surface area contributed by atoms with Crippen LogP contribution in [0.5, 0.6) is 11.5 Å². The van der Waals surface area contributed by atoms with E-state index in [0.717, 1.165) is 22.6 Å². The molecule has 3 atom stereocenters. The second-order valence-corrected chi connectivity index (χ2v) is 7.55. The number of rotatable bonds is 9. The van der Waals surface area contributed by atoms with Crippen molar-refractivity contribution in [3.63, 3.8) is 0 Å². The number of ether oxygens (including phenoxy) is 2. The van der Waals surface area contributed by atoms with Crippen molar-refractivity contribution in [1.82, 2.24) is 4.90 Å². The second-order valence-electron chi connectivity index (χ2n) is 7.55. The Morgan fingerprint density at radius 3 is 1.73 bits per heavy atom. The van der Waals surface area contributed by atoms with Crippen LogP contribution in [-0.2, 0) is 22.4 Å². The zero-order valence-corrected chi connectivity index (χ0v) is 17.3. The molecule has 0 aliphatic carbocycles. The maximum Gasteiger partial charge on any atom is 0.327 e. The first-order chi connectivity index (χ1) is 14.3. The minimum atomic E-state index is -1.10. The number of β-lactam (4-membered cyclic amide) rings is 1. The molecule has 0 aromatic heterocycles. The highest BCUT2D eigenvalue weighted by atomic mass is 16.5. The average Bonchev–Trinajstić information content (AvgIpc) is 2.72. The monoisotopic (exact) mass is 413 g/mol. The topological polar surface area (TPSA) is 96.3 Å². The molecule has 1 aliphatic heterocycles. The molecule has 0 spiro atoms. The Bertz CT molecular complexity index is 828. The van der Waals surface area contributed by atoms with E-state index in [1.54, 1.807) is 14.2 Å². The number of likely N-dealkylation sites (tertiary alicyclic amines) is 1. The van der Waals surface area contributed by atoms with Gasteiger partial charge >= 0.3 is 5.97 Å². The first-order valence-corrected chi connectivity index (χ1v) is 9.84. The van der Waals surface area contributed by atoms with E-state index in [1.807, 2.05) is 48.5 Å². The maximum absolute atomic E-state index is 12.8. The van der Waals surface area contributed by atoms with Gasteiger partial charge in [0.25, 0.3) is 0 Å². The van der Waals surface area contributed by atoms with Gasteiger partial charge in [-0.2, -0.15) is 0 Å². The van der Waals surface area contributed by atoms with Gasteiger partial charge in [0.05, 0.1) is 26.2 Å². The second kappa shape index (κ2) is 9.17. The van der Waals surface area contributed by atoms with Crippen LogP contribution < -0.4 is 9.47 Å². The fraction of sp³-hybridized carbons (Fsp3) is 0.391. The molecule has 7 nitrogen and oxygen atoms in total. The molecular formula is C23H27NO6. The first kappa shape index (κ1) is 21.6. The standard InChI is InChI=1S/C23H27NO6/c1-14(25)20-21(23(27)28)24(22(20)26)17(12-15-4-8-18(29-2)9-5-15)13-16-6-10-19(30-3)11-7-16/h4-11,14,17,20-21,25H,12-13H2,1-3H3,(H,27,28)/t14-,20-,21+/m1/s1. The lowest BCUT2D eigenvalue weighted by molar-refractivity contribution is -0.181. The summed E-state index contributed by atoms with van der Waals surface area (Å²) < 4.78 is 10.4. The molecule has 30 heavy (non-hydrogen) atoms. The molecule has 0 unspecified atom stereocenters. The van der Waals surface area contributed by atoms with Crippen LogP contribution in [0.2, 0.25) is 0 Å². The van der Waals surface area contributed by atoms with Gasteiger partial charge in [-0.05, 0) is 55.2 Å². The zero-order chi connectivity index (χ0) is 21.8. The van der Waals surface area contributed by atoms with Crippen LogP contribution in [0.25, 0.3) is 0 Å². The van der Waals surface area contributed by atoms with Crippen molar-refractivity contribution in [2.75, 3.05) is 14.2 Å². The summed E-state index contributed by atoms with van der Waals surface area (Å²) in [4.78, 5) is 26.1. The highest BCUT2D eigenvalue weighted by Crippen LogP contribution is 2.34. The van der Waals surface area contributed by atoms with Gasteiger partial charge in [0, 0.05) is 6.04 Å². The number of aliphatic hydroxyl groups excluding tert-OH is 1. The molecule has 1 saturated heterocycles. The number of methoxy groups -OCH3 is 2. The Kier molecular flexibility index (Phi) is 6.62. The van der Waals surface area contributed by atoms with Gasteiger partial charge in [-0.3, -0.25) is 4.79 Å². The van der Waals surface area contributed by atoms with Crippen LogP contribution in [0, 0.1) is 5.92 Å². The predicted molar refractivity (Wildman–Crippen MR) is 111 cm³/mol. The van der Waals surface area contributed by atoms with Crippen LogP contribution in [0.15, 0.2) is 48.5 Å². The summed E-state index contributed by atoms with van der Waals surface area (Å²) in [6, 6.07) is 13.6. The Hall–Kier alpha value is -3.06. The lowest BCUT2D eigenvalue weighted by Crippen LogP contribution is -2.70. The van der Waals surface area contributed by atoms with Gasteiger partial charge in [-0.15, -0.1) is 0 Å². The summed E-state index contributed by atoms with van der Waals surface area (Å²) >= 11 is 0. The number of amides is 1. The smallest absolute Gasteiger partial charge is 0.327 e. The number of carbonyl (C=O) groups is 2. The number of nitrogens with zero attached hydrogens (tertiary/aromatic N) is 1. The van der Waals surface area contributed by atoms with E-state index in [2.05, 4.69) is 0 Å². The maximum atomic E-state index is 12.8. The molecule has 7 heteroatoms. The van der Waals surface area contributed by atoms with Gasteiger partial charge in [0.1, 0.15) is 17.5 Å². The predicted octanol–water partition coefficient (Wildman–Crippen LogP) is 2.15. The van der Waals surface area contributed by atoms with Crippen molar-refractivity contribution >= 4 is 11.9 Å². The van der Waals surface area contributed by atoms with Gasteiger partial charge in [-0.1, -0.05) is 24.3 Å². The van der Waals surface area contributed by atoms with Crippen molar-refractivity contribution in [2.45, 2.75) is 38.0 Å². The van der Waals surface area contributed by atoms with E-state index in [-0.39, 0.29) is 11.9 Å². The number of carboxylic acid groups (broad SMARTS) is 1. The number of aliphatic hydroxyl groups is 1. The van der Waals surface area contributed by atoms with Gasteiger partial charge in [-0.25, -0.2) is 4.79 Å². The molecule has 2 aromatic carbocycles. The third-order valence-corrected chi connectivity index (χ3v) is 5.61. The fourth-order valence-corrected chi connectivity index (χ4v) is 4.02. The Balaban J connectivity index is 1.89. The first-order valence-electron chi connectivity index (χ1n) is 9.84. The zero-order valence-electron chi connectivity index (χ0n) is 17.3. The van der Waals surface area contributed by atoms with Crippen LogP contribution in [-0.4, -0.2) is 59.4 Å². The van der Waals surface area contributed by atoms with E-state index in [9.17, 15) is 19.8 Å². The number of hydrogen-bond acceptors (Lipinski definition) is 5. The quantitative estimate of drug-likeness (QED) is 0.612. The Morgan fingerprint density at radius 1 is 0.967 bits per heavy atom. The molecular weight excluding hydrogens is 386 g/mol. The minimum absolute atomic E-state index is 0.329. The SMILES string of the molecule is COc1ccc(CC(Cc2ccc(OC)cc2)N2C(=O)[C@H]([C@@H](C)O)[C@H]2C(=O)O)cc1. The van der Waals surface area contributed by atoms with Crippen molar-refractivity contribution in [2.24, 2.45) is 5.92 Å². The lowest BCUT2D eigenvalue weighted by Gasteiger charge is -2.50. The van der Waals surface area contributed by atoms with Crippen molar-refractivity contribution in [1.29, 1.82) is 0 Å². The molecule has 1 fully saturated rings. The molecule has 3 rings (SSSR count). The normalized spacial score (nSPS) is 19.4.